The number of benzene rings is 1. The van der Waals surface area contributed by atoms with E-state index in [9.17, 15) is 0 Å². The molecule has 0 heterocycles. The van der Waals surface area contributed by atoms with Gasteiger partial charge in [0.1, 0.15) is 0 Å². The quantitative estimate of drug-likeness (QED) is 0.701. The van der Waals surface area contributed by atoms with E-state index in [-0.39, 0.29) is 0 Å². The minimum atomic E-state index is 0.797. The van der Waals surface area contributed by atoms with E-state index >= 15 is 0 Å². The van der Waals surface area contributed by atoms with Crippen molar-refractivity contribution in [2.45, 2.75) is 58.5 Å². The van der Waals surface area contributed by atoms with E-state index in [1.54, 1.807) is 0 Å². The Morgan fingerprint density at radius 3 is 2.32 bits per heavy atom. The first-order chi connectivity index (χ1) is 9.22. The molecule has 2 heteroatoms. The fourth-order valence-corrected chi connectivity index (χ4v) is 3.70. The van der Waals surface area contributed by atoms with E-state index in [4.69, 9.17) is 0 Å². The molecule has 0 unspecified atom stereocenters. The average Bonchev–Trinajstić information content (AvgIpc) is 2.43. The van der Waals surface area contributed by atoms with Crippen molar-refractivity contribution in [2.75, 3.05) is 11.9 Å². The summed E-state index contributed by atoms with van der Waals surface area (Å²) in [6.45, 7) is 6.78. The summed E-state index contributed by atoms with van der Waals surface area (Å²) in [4.78, 5) is 2.70. The highest BCUT2D eigenvalue weighted by Crippen LogP contribution is 2.25. The maximum Gasteiger partial charge on any atom is 0.0242 e. The van der Waals surface area contributed by atoms with E-state index in [1.165, 1.54) is 55.3 Å². The van der Waals surface area contributed by atoms with Gasteiger partial charge in [-0.25, -0.2) is 0 Å². The van der Waals surface area contributed by atoms with Crippen molar-refractivity contribution in [3.05, 3.63) is 34.9 Å². The molecule has 1 aliphatic carbocycles. The van der Waals surface area contributed by atoms with Crippen LogP contribution in [0.1, 0.15) is 48.8 Å². The third kappa shape index (κ3) is 4.06. The van der Waals surface area contributed by atoms with Crippen LogP contribution in [-0.2, 0) is 6.54 Å². The normalized spacial score (nSPS) is 17.1. The standard InChI is InChI=1S/C17H26BrN/c1-14-7-6-8-15(2)17(14)13-19(12-11-18)16-9-4-3-5-10-16/h6-8,16H,3-5,9-13H2,1-2H3. The average molecular weight is 324 g/mol. The van der Waals surface area contributed by atoms with E-state index in [0.29, 0.717) is 0 Å². The van der Waals surface area contributed by atoms with Crippen molar-refractivity contribution in [2.24, 2.45) is 0 Å². The van der Waals surface area contributed by atoms with Gasteiger partial charge in [0.2, 0.25) is 0 Å². The summed E-state index contributed by atoms with van der Waals surface area (Å²) in [6, 6.07) is 7.46. The zero-order chi connectivity index (χ0) is 13.7. The number of hydrogen-bond acceptors (Lipinski definition) is 1. The van der Waals surface area contributed by atoms with E-state index in [0.717, 1.165) is 17.9 Å². The van der Waals surface area contributed by atoms with Crippen molar-refractivity contribution in [3.63, 3.8) is 0 Å². The second-order valence-electron chi connectivity index (χ2n) is 5.82. The number of aryl methyl sites for hydroxylation is 2. The Labute approximate surface area is 126 Å². The topological polar surface area (TPSA) is 3.24 Å². The molecule has 2 rings (SSSR count). The molecule has 1 fully saturated rings. The fraction of sp³-hybridized carbons (Fsp3) is 0.647. The van der Waals surface area contributed by atoms with E-state index in [1.807, 2.05) is 0 Å². The van der Waals surface area contributed by atoms with Crippen molar-refractivity contribution in [1.82, 2.24) is 4.90 Å². The van der Waals surface area contributed by atoms with Crippen molar-refractivity contribution in [3.8, 4) is 0 Å². The Kier molecular flexibility index (Phi) is 5.90. The molecular formula is C17H26BrN. The summed E-state index contributed by atoms with van der Waals surface area (Å²) >= 11 is 3.63. The van der Waals surface area contributed by atoms with Gasteiger partial charge in [-0.1, -0.05) is 53.4 Å². The smallest absolute Gasteiger partial charge is 0.0242 e. The molecule has 0 N–H and O–H groups in total. The number of nitrogens with zero attached hydrogens (tertiary/aromatic N) is 1. The lowest BCUT2D eigenvalue weighted by Gasteiger charge is -2.34. The molecule has 0 amide bonds. The first-order valence-electron chi connectivity index (χ1n) is 7.57. The minimum Gasteiger partial charge on any atom is -0.295 e. The van der Waals surface area contributed by atoms with Gasteiger partial charge in [0.25, 0.3) is 0 Å². The lowest BCUT2D eigenvalue weighted by molar-refractivity contribution is 0.157. The molecule has 106 valence electrons. The van der Waals surface area contributed by atoms with Crippen LogP contribution in [0.2, 0.25) is 0 Å². The molecule has 1 nitrogen and oxygen atoms in total. The first kappa shape index (κ1) is 15.1. The molecule has 1 aliphatic rings. The number of rotatable bonds is 5. The van der Waals surface area contributed by atoms with Gasteiger partial charge in [0.05, 0.1) is 0 Å². The molecule has 0 bridgehead atoms. The zero-order valence-electron chi connectivity index (χ0n) is 12.3. The molecule has 0 atom stereocenters. The fourth-order valence-electron chi connectivity index (χ4n) is 3.25. The number of halogens is 1. The summed E-state index contributed by atoms with van der Waals surface area (Å²) in [5.74, 6) is 0. The number of alkyl halides is 1. The van der Waals surface area contributed by atoms with Crippen LogP contribution in [0, 0.1) is 13.8 Å². The third-order valence-electron chi connectivity index (χ3n) is 4.47. The predicted molar refractivity (Wildman–Crippen MR) is 87.0 cm³/mol. The Morgan fingerprint density at radius 1 is 1.11 bits per heavy atom. The molecule has 1 aromatic rings. The van der Waals surface area contributed by atoms with Gasteiger partial charge in [-0.3, -0.25) is 4.90 Å². The third-order valence-corrected chi connectivity index (χ3v) is 4.82. The van der Waals surface area contributed by atoms with Crippen LogP contribution in [0.5, 0.6) is 0 Å². The highest BCUT2D eigenvalue weighted by Gasteiger charge is 2.21. The Hall–Kier alpha value is -0.340. The Bertz CT molecular complexity index is 376. The van der Waals surface area contributed by atoms with Gasteiger partial charge in [0, 0.05) is 24.5 Å². The summed E-state index contributed by atoms with van der Waals surface area (Å²) in [7, 11) is 0. The van der Waals surface area contributed by atoms with Crippen molar-refractivity contribution in [1.29, 1.82) is 0 Å². The summed E-state index contributed by atoms with van der Waals surface area (Å²) in [5, 5.41) is 1.08. The molecule has 0 saturated heterocycles. The Morgan fingerprint density at radius 2 is 1.74 bits per heavy atom. The van der Waals surface area contributed by atoms with Gasteiger partial charge in [-0.15, -0.1) is 0 Å². The molecule has 0 spiro atoms. The van der Waals surface area contributed by atoms with Gasteiger partial charge >= 0.3 is 0 Å². The molecule has 1 aromatic carbocycles. The maximum atomic E-state index is 3.63. The van der Waals surface area contributed by atoms with Crippen LogP contribution in [0.4, 0.5) is 0 Å². The van der Waals surface area contributed by atoms with Crippen LogP contribution in [0.15, 0.2) is 18.2 Å². The molecular weight excluding hydrogens is 298 g/mol. The predicted octanol–water partition coefficient (Wildman–Crippen LogP) is 4.83. The Balaban J connectivity index is 2.11. The number of hydrogen-bond donors (Lipinski definition) is 0. The van der Waals surface area contributed by atoms with Crippen LogP contribution in [-0.4, -0.2) is 22.8 Å². The largest absolute Gasteiger partial charge is 0.295 e. The zero-order valence-corrected chi connectivity index (χ0v) is 13.9. The first-order valence-corrected chi connectivity index (χ1v) is 8.69. The van der Waals surface area contributed by atoms with E-state index < -0.39 is 0 Å². The van der Waals surface area contributed by atoms with Crippen LogP contribution >= 0.6 is 15.9 Å². The molecule has 19 heavy (non-hydrogen) atoms. The molecule has 0 aromatic heterocycles. The van der Waals surface area contributed by atoms with Gasteiger partial charge in [0.15, 0.2) is 0 Å². The highest BCUT2D eigenvalue weighted by molar-refractivity contribution is 9.09. The van der Waals surface area contributed by atoms with Gasteiger partial charge in [-0.05, 0) is 43.4 Å². The molecule has 0 radical (unpaired) electrons. The van der Waals surface area contributed by atoms with Crippen molar-refractivity contribution < 1.29 is 0 Å². The van der Waals surface area contributed by atoms with E-state index in [2.05, 4.69) is 52.9 Å². The van der Waals surface area contributed by atoms with Crippen molar-refractivity contribution >= 4 is 15.9 Å². The summed E-state index contributed by atoms with van der Waals surface area (Å²) in [6.07, 6.45) is 7.03. The SMILES string of the molecule is Cc1cccc(C)c1CN(CCBr)C1CCCCC1. The molecule has 0 aliphatic heterocycles. The van der Waals surface area contributed by atoms with Crippen LogP contribution in [0.3, 0.4) is 0 Å². The highest BCUT2D eigenvalue weighted by atomic mass is 79.9. The second-order valence-corrected chi connectivity index (χ2v) is 6.61. The lowest BCUT2D eigenvalue weighted by atomic mass is 9.93. The van der Waals surface area contributed by atoms with Gasteiger partial charge < -0.3 is 0 Å². The van der Waals surface area contributed by atoms with Gasteiger partial charge in [-0.2, -0.15) is 0 Å². The summed E-state index contributed by atoms with van der Waals surface area (Å²) in [5.41, 5.74) is 4.42. The minimum absolute atomic E-state index is 0.797. The second kappa shape index (κ2) is 7.44. The molecule has 1 saturated carbocycles. The summed E-state index contributed by atoms with van der Waals surface area (Å²) < 4.78 is 0. The maximum absolute atomic E-state index is 3.63. The van der Waals surface area contributed by atoms with Crippen LogP contribution < -0.4 is 0 Å². The monoisotopic (exact) mass is 323 g/mol. The van der Waals surface area contributed by atoms with Crippen LogP contribution in [0.25, 0.3) is 0 Å². The lowest BCUT2D eigenvalue weighted by Crippen LogP contribution is -2.37.